The predicted octanol–water partition coefficient (Wildman–Crippen LogP) is 1.90. The van der Waals surface area contributed by atoms with Crippen molar-refractivity contribution in [2.75, 3.05) is 26.2 Å². The van der Waals surface area contributed by atoms with Gasteiger partial charge in [-0.15, -0.1) is 12.4 Å². The van der Waals surface area contributed by atoms with Gasteiger partial charge in [0.1, 0.15) is 5.75 Å². The molecule has 1 fully saturated rings. The maximum atomic E-state index is 12.6. The summed E-state index contributed by atoms with van der Waals surface area (Å²) in [5.41, 5.74) is 2.24. The predicted molar refractivity (Wildman–Crippen MR) is 104 cm³/mol. The smallest absolute Gasteiger partial charge is 0.225 e. The molecule has 2 heterocycles. The van der Waals surface area contributed by atoms with Crippen LogP contribution in [0, 0.1) is 5.92 Å². The molecule has 0 bridgehead atoms. The number of aryl methyl sites for hydroxylation is 1. The van der Waals surface area contributed by atoms with Crippen LogP contribution in [0.2, 0.25) is 0 Å². The number of hydrogen-bond acceptors (Lipinski definition) is 4. The van der Waals surface area contributed by atoms with Crippen LogP contribution in [0.5, 0.6) is 5.75 Å². The van der Waals surface area contributed by atoms with Crippen molar-refractivity contribution in [3.8, 4) is 5.75 Å². The number of halogens is 1. The molecule has 0 unspecified atom stereocenters. The van der Waals surface area contributed by atoms with Crippen molar-refractivity contribution in [1.29, 1.82) is 0 Å². The Morgan fingerprint density at radius 2 is 2.19 bits per heavy atom. The molecule has 1 amide bonds. The van der Waals surface area contributed by atoms with Crippen LogP contribution < -0.4 is 15.4 Å². The van der Waals surface area contributed by atoms with Gasteiger partial charge in [0.2, 0.25) is 5.91 Å². The number of hydrogen-bond donors (Lipinski definition) is 2. The van der Waals surface area contributed by atoms with E-state index < -0.39 is 0 Å². The third kappa shape index (κ3) is 4.77. The number of carbonyl (C=O) groups is 1. The molecule has 0 radical (unpaired) electrons. The van der Waals surface area contributed by atoms with Crippen LogP contribution in [0.25, 0.3) is 0 Å². The molecule has 3 rings (SSSR count). The Bertz CT molecular complexity index is 719. The molecule has 2 atom stereocenters. The van der Waals surface area contributed by atoms with E-state index in [-0.39, 0.29) is 30.2 Å². The molecule has 0 saturated carbocycles. The summed E-state index contributed by atoms with van der Waals surface area (Å²) in [7, 11) is 1.90. The zero-order valence-corrected chi connectivity index (χ0v) is 16.1. The Hall–Kier alpha value is -2.05. The summed E-state index contributed by atoms with van der Waals surface area (Å²) < 4.78 is 7.42. The number of para-hydroxylation sites is 1. The van der Waals surface area contributed by atoms with Crippen LogP contribution in [0.4, 0.5) is 0 Å². The molecule has 2 N–H and O–H groups in total. The van der Waals surface area contributed by atoms with E-state index in [2.05, 4.69) is 15.7 Å². The lowest BCUT2D eigenvalue weighted by atomic mass is 9.90. The second-order valence-electron chi connectivity index (χ2n) is 6.40. The first-order chi connectivity index (χ1) is 12.2. The Kier molecular flexibility index (Phi) is 7.48. The summed E-state index contributed by atoms with van der Waals surface area (Å²) in [5.74, 6) is 1.14. The van der Waals surface area contributed by atoms with Gasteiger partial charge < -0.3 is 15.4 Å². The van der Waals surface area contributed by atoms with E-state index >= 15 is 0 Å². The molecule has 7 heteroatoms. The minimum Gasteiger partial charge on any atom is -0.494 e. The van der Waals surface area contributed by atoms with Crippen molar-refractivity contribution in [2.45, 2.75) is 19.3 Å². The number of nitrogens with zero attached hydrogens (tertiary/aromatic N) is 2. The number of ether oxygens (including phenoxy) is 1. The molecular formula is C19H27ClN4O2. The lowest BCUT2D eigenvalue weighted by Gasteiger charge is -2.17. The molecule has 0 aliphatic carbocycles. The minimum atomic E-state index is -0.0497. The van der Waals surface area contributed by atoms with E-state index in [1.54, 1.807) is 4.68 Å². The fraction of sp³-hybridized carbons (Fsp3) is 0.474. The maximum Gasteiger partial charge on any atom is 0.225 e. The minimum absolute atomic E-state index is 0. The summed E-state index contributed by atoms with van der Waals surface area (Å²) in [4.78, 5) is 12.6. The van der Waals surface area contributed by atoms with E-state index in [1.165, 1.54) is 0 Å². The van der Waals surface area contributed by atoms with Gasteiger partial charge in [0.25, 0.3) is 0 Å². The molecule has 1 saturated heterocycles. The van der Waals surface area contributed by atoms with Gasteiger partial charge in [0, 0.05) is 38.8 Å². The molecule has 1 aliphatic heterocycles. The highest BCUT2D eigenvalue weighted by atomic mass is 35.5. The lowest BCUT2D eigenvalue weighted by molar-refractivity contribution is -0.124. The van der Waals surface area contributed by atoms with Gasteiger partial charge >= 0.3 is 0 Å². The average Bonchev–Trinajstić information content (AvgIpc) is 3.25. The van der Waals surface area contributed by atoms with E-state index in [4.69, 9.17) is 4.74 Å². The zero-order valence-electron chi connectivity index (χ0n) is 15.3. The van der Waals surface area contributed by atoms with Gasteiger partial charge in [-0.25, -0.2) is 0 Å². The molecule has 1 aromatic heterocycles. The van der Waals surface area contributed by atoms with Crippen molar-refractivity contribution in [2.24, 2.45) is 13.0 Å². The fourth-order valence-corrected chi connectivity index (χ4v) is 3.39. The Morgan fingerprint density at radius 3 is 2.92 bits per heavy atom. The van der Waals surface area contributed by atoms with Crippen molar-refractivity contribution >= 4 is 18.3 Å². The first kappa shape index (κ1) is 20.3. The average molecular weight is 379 g/mol. The van der Waals surface area contributed by atoms with Gasteiger partial charge in [0.15, 0.2) is 0 Å². The van der Waals surface area contributed by atoms with E-state index in [0.717, 1.165) is 29.8 Å². The fourth-order valence-electron chi connectivity index (χ4n) is 3.39. The number of benzene rings is 1. The largest absolute Gasteiger partial charge is 0.494 e. The van der Waals surface area contributed by atoms with Crippen LogP contribution in [0.1, 0.15) is 24.0 Å². The first-order valence-corrected chi connectivity index (χ1v) is 8.86. The second-order valence-corrected chi connectivity index (χ2v) is 6.40. The van der Waals surface area contributed by atoms with E-state index in [1.807, 2.05) is 50.6 Å². The monoisotopic (exact) mass is 378 g/mol. The summed E-state index contributed by atoms with van der Waals surface area (Å²) in [5, 5.41) is 10.6. The molecule has 1 aromatic carbocycles. The van der Waals surface area contributed by atoms with Gasteiger partial charge in [-0.05, 0) is 30.5 Å². The Labute approximate surface area is 160 Å². The van der Waals surface area contributed by atoms with Gasteiger partial charge in [-0.3, -0.25) is 9.48 Å². The van der Waals surface area contributed by atoms with Gasteiger partial charge in [-0.1, -0.05) is 18.2 Å². The summed E-state index contributed by atoms with van der Waals surface area (Å²) in [6, 6.07) is 7.99. The van der Waals surface area contributed by atoms with Crippen LogP contribution in [-0.2, 0) is 18.3 Å². The van der Waals surface area contributed by atoms with Gasteiger partial charge in [0.05, 0.1) is 18.7 Å². The highest BCUT2D eigenvalue weighted by molar-refractivity contribution is 5.85. The quantitative estimate of drug-likeness (QED) is 0.772. The zero-order chi connectivity index (χ0) is 17.6. The van der Waals surface area contributed by atoms with Crippen LogP contribution in [0.15, 0.2) is 36.7 Å². The third-order valence-corrected chi connectivity index (χ3v) is 4.67. The maximum absolute atomic E-state index is 12.6. The standard InChI is InChI=1S/C19H26N4O2.ClH/c1-3-25-18-7-5-4-6-14(18)8-9-21-19(24)17-12-20-11-16(17)15-10-22-23(2)13-15;/h4-7,10,13,16-17,20H,3,8-9,11-12H2,1-2H3,(H,21,24);1H/t16-,17+;/m1./s1. The number of amides is 1. The van der Waals surface area contributed by atoms with Crippen LogP contribution in [-0.4, -0.2) is 41.9 Å². The van der Waals surface area contributed by atoms with Crippen molar-refractivity contribution in [3.05, 3.63) is 47.8 Å². The first-order valence-electron chi connectivity index (χ1n) is 8.86. The number of carbonyl (C=O) groups excluding carboxylic acids is 1. The third-order valence-electron chi connectivity index (χ3n) is 4.67. The summed E-state index contributed by atoms with van der Waals surface area (Å²) in [6.07, 6.45) is 4.62. The van der Waals surface area contributed by atoms with Gasteiger partial charge in [-0.2, -0.15) is 5.10 Å². The number of rotatable bonds is 7. The van der Waals surface area contributed by atoms with Crippen molar-refractivity contribution in [1.82, 2.24) is 20.4 Å². The Morgan fingerprint density at radius 1 is 1.38 bits per heavy atom. The molecule has 1 aliphatic rings. The molecule has 2 aromatic rings. The summed E-state index contributed by atoms with van der Waals surface area (Å²) in [6.45, 7) is 4.76. The van der Waals surface area contributed by atoms with Crippen LogP contribution >= 0.6 is 12.4 Å². The Balaban J connectivity index is 0.00000243. The van der Waals surface area contributed by atoms with E-state index in [0.29, 0.717) is 19.7 Å². The highest BCUT2D eigenvalue weighted by Gasteiger charge is 2.34. The number of nitrogens with one attached hydrogen (secondary N) is 2. The van der Waals surface area contributed by atoms with E-state index in [9.17, 15) is 4.79 Å². The summed E-state index contributed by atoms with van der Waals surface area (Å²) >= 11 is 0. The van der Waals surface area contributed by atoms with Crippen LogP contribution in [0.3, 0.4) is 0 Å². The molecule has 26 heavy (non-hydrogen) atoms. The molecule has 142 valence electrons. The topological polar surface area (TPSA) is 68.2 Å². The van der Waals surface area contributed by atoms with Crippen molar-refractivity contribution in [3.63, 3.8) is 0 Å². The SMILES string of the molecule is CCOc1ccccc1CCNC(=O)[C@H]1CNC[C@@H]1c1cnn(C)c1.Cl. The second kappa shape index (κ2) is 9.59. The molecule has 6 nitrogen and oxygen atoms in total. The molecule has 0 spiro atoms. The normalized spacial score (nSPS) is 19.0. The van der Waals surface area contributed by atoms with Crippen molar-refractivity contribution < 1.29 is 9.53 Å². The number of aromatic nitrogens is 2. The lowest BCUT2D eigenvalue weighted by Crippen LogP contribution is -2.35. The highest BCUT2D eigenvalue weighted by Crippen LogP contribution is 2.28. The molecular weight excluding hydrogens is 352 g/mol.